The summed E-state index contributed by atoms with van der Waals surface area (Å²) in [7, 11) is -1.88. The van der Waals surface area contributed by atoms with Crippen molar-refractivity contribution >= 4 is 28.0 Å². The number of unbranched alkanes of at least 4 members (excludes halogenated alkanes) is 1. The van der Waals surface area contributed by atoms with Gasteiger partial charge in [0.2, 0.25) is 6.54 Å². The van der Waals surface area contributed by atoms with E-state index in [0.717, 1.165) is 23.4 Å². The molecular formula is C21H26N3O3S+. The maximum Gasteiger partial charge on any atom is 0.264 e. The van der Waals surface area contributed by atoms with Crippen molar-refractivity contribution < 1.29 is 17.5 Å². The molecule has 2 rings (SSSR count). The standard InChI is InChI=1S/C21H25N3O3S/c1-22-13-17-23(2)21-9-7-19(8-10-21)5-6-20-11-15-24(16-12-20)14-3-4-18-28(25,26)27/h5-12,15-16H,3-4,13-14,17-18H2,2H3/p+1. The molecule has 0 atom stereocenters. The molecule has 0 aliphatic rings. The van der Waals surface area contributed by atoms with E-state index >= 15 is 0 Å². The summed E-state index contributed by atoms with van der Waals surface area (Å²) >= 11 is 0. The van der Waals surface area contributed by atoms with Crippen LogP contribution in [0.2, 0.25) is 0 Å². The lowest BCUT2D eigenvalue weighted by Gasteiger charge is -2.16. The maximum atomic E-state index is 10.7. The minimum absolute atomic E-state index is 0.192. The summed E-state index contributed by atoms with van der Waals surface area (Å²) in [5.74, 6) is -0.192. The van der Waals surface area contributed by atoms with Crippen LogP contribution in [0.15, 0.2) is 48.8 Å². The number of benzene rings is 1. The summed E-state index contributed by atoms with van der Waals surface area (Å²) in [5, 5.41) is 0. The van der Waals surface area contributed by atoms with Crippen LogP contribution >= 0.6 is 0 Å². The highest BCUT2D eigenvalue weighted by atomic mass is 32.2. The third-order valence-electron chi connectivity index (χ3n) is 4.33. The number of aromatic nitrogens is 1. The molecule has 0 fully saturated rings. The second-order valence-electron chi connectivity index (χ2n) is 6.59. The molecule has 1 heterocycles. The van der Waals surface area contributed by atoms with E-state index in [1.54, 1.807) is 0 Å². The number of hydrogen-bond donors (Lipinski definition) is 1. The number of likely N-dealkylation sites (N-methyl/N-ethyl adjacent to an activating group) is 1. The smallest absolute Gasteiger partial charge is 0.264 e. The van der Waals surface area contributed by atoms with Crippen LogP contribution in [0.5, 0.6) is 0 Å². The number of hydrogen-bond acceptors (Lipinski definition) is 3. The fraction of sp³-hybridized carbons (Fsp3) is 0.333. The summed E-state index contributed by atoms with van der Waals surface area (Å²) in [4.78, 5) is 5.45. The Bertz CT molecular complexity index is 915. The Morgan fingerprint density at radius 1 is 1.07 bits per heavy atom. The van der Waals surface area contributed by atoms with E-state index < -0.39 is 10.1 Å². The third-order valence-corrected chi connectivity index (χ3v) is 5.14. The molecule has 0 saturated heterocycles. The van der Waals surface area contributed by atoms with E-state index in [1.807, 2.05) is 42.2 Å². The van der Waals surface area contributed by atoms with Gasteiger partial charge in [-0.15, -0.1) is 0 Å². The quantitative estimate of drug-likeness (QED) is 0.288. The van der Waals surface area contributed by atoms with Crippen LogP contribution in [0.4, 0.5) is 5.69 Å². The van der Waals surface area contributed by atoms with Gasteiger partial charge in [0, 0.05) is 31.3 Å². The predicted octanol–water partition coefficient (Wildman–Crippen LogP) is 3.17. The molecule has 148 valence electrons. The zero-order valence-corrected chi connectivity index (χ0v) is 16.8. The number of anilines is 1. The van der Waals surface area contributed by atoms with Gasteiger partial charge < -0.3 is 9.74 Å². The summed E-state index contributed by atoms with van der Waals surface area (Å²) < 4.78 is 32.1. The fourth-order valence-corrected chi connectivity index (χ4v) is 3.24. The molecule has 2 aromatic rings. The van der Waals surface area contributed by atoms with Crippen molar-refractivity contribution in [2.45, 2.75) is 19.4 Å². The first-order valence-electron chi connectivity index (χ1n) is 9.14. The van der Waals surface area contributed by atoms with Crippen LogP contribution in [0.25, 0.3) is 17.0 Å². The van der Waals surface area contributed by atoms with Gasteiger partial charge in [0.25, 0.3) is 10.1 Å². The van der Waals surface area contributed by atoms with Gasteiger partial charge >= 0.3 is 0 Å². The van der Waals surface area contributed by atoms with Crippen LogP contribution in [-0.4, -0.2) is 38.9 Å². The Kier molecular flexibility index (Phi) is 8.18. The second kappa shape index (κ2) is 10.6. The van der Waals surface area contributed by atoms with Crippen molar-refractivity contribution in [2.75, 3.05) is 30.8 Å². The average molecular weight is 401 g/mol. The maximum absolute atomic E-state index is 10.7. The van der Waals surface area contributed by atoms with Crippen molar-refractivity contribution in [3.63, 3.8) is 0 Å². The summed E-state index contributed by atoms with van der Waals surface area (Å²) in [6.45, 7) is 8.79. The van der Waals surface area contributed by atoms with E-state index in [4.69, 9.17) is 11.1 Å². The van der Waals surface area contributed by atoms with Gasteiger partial charge in [0.1, 0.15) is 6.54 Å². The topological polar surface area (TPSA) is 65.9 Å². The highest BCUT2D eigenvalue weighted by molar-refractivity contribution is 7.85. The van der Waals surface area contributed by atoms with Gasteiger partial charge in [-0.25, -0.2) is 11.1 Å². The molecule has 0 aliphatic heterocycles. The lowest BCUT2D eigenvalue weighted by molar-refractivity contribution is -0.697. The zero-order chi connectivity index (χ0) is 20.4. The van der Waals surface area contributed by atoms with Gasteiger partial charge in [-0.1, -0.05) is 24.3 Å². The van der Waals surface area contributed by atoms with Crippen LogP contribution in [0, 0.1) is 6.57 Å². The van der Waals surface area contributed by atoms with E-state index in [9.17, 15) is 8.42 Å². The van der Waals surface area contributed by atoms with Gasteiger partial charge in [0.05, 0.1) is 12.3 Å². The van der Waals surface area contributed by atoms with Crippen molar-refractivity contribution in [3.8, 4) is 0 Å². The summed E-state index contributed by atoms with van der Waals surface area (Å²) in [5.41, 5.74) is 3.27. The molecule has 0 bridgehead atoms. The Labute approximate surface area is 167 Å². The van der Waals surface area contributed by atoms with Crippen molar-refractivity contribution in [2.24, 2.45) is 0 Å². The van der Waals surface area contributed by atoms with Gasteiger partial charge in [0.15, 0.2) is 12.4 Å². The van der Waals surface area contributed by atoms with E-state index in [0.29, 0.717) is 25.9 Å². The Balaban J connectivity index is 1.86. The van der Waals surface area contributed by atoms with Gasteiger partial charge in [-0.2, -0.15) is 8.42 Å². The van der Waals surface area contributed by atoms with Crippen LogP contribution in [-0.2, 0) is 16.7 Å². The molecule has 1 N–H and O–H groups in total. The molecule has 1 aromatic carbocycles. The number of rotatable bonds is 10. The molecule has 1 aromatic heterocycles. The van der Waals surface area contributed by atoms with Crippen molar-refractivity contribution in [3.05, 3.63) is 71.3 Å². The normalized spacial score (nSPS) is 11.5. The largest absolute Gasteiger partial charge is 0.367 e. The molecule has 6 nitrogen and oxygen atoms in total. The average Bonchev–Trinajstić information content (AvgIpc) is 2.68. The zero-order valence-electron chi connectivity index (χ0n) is 16.0. The van der Waals surface area contributed by atoms with E-state index in [-0.39, 0.29) is 5.75 Å². The highest BCUT2D eigenvalue weighted by Gasteiger charge is 2.06. The third kappa shape index (κ3) is 7.91. The lowest BCUT2D eigenvalue weighted by Crippen LogP contribution is -2.32. The Hall–Kier alpha value is -2.69. The molecule has 0 amide bonds. The molecule has 0 unspecified atom stereocenters. The SMILES string of the molecule is [C-]#[N+]CCN(C)c1ccc(/C=C/c2cc[n+](CCCCS(=O)(=O)O)cc2)cc1. The minimum Gasteiger partial charge on any atom is -0.367 e. The second-order valence-corrected chi connectivity index (χ2v) is 8.16. The molecule has 0 radical (unpaired) electrons. The number of pyridine rings is 1. The molecule has 0 aliphatic carbocycles. The first kappa shape index (κ1) is 21.6. The number of aryl methyl sites for hydroxylation is 1. The molecule has 0 saturated carbocycles. The first-order valence-corrected chi connectivity index (χ1v) is 10.7. The molecule has 28 heavy (non-hydrogen) atoms. The minimum atomic E-state index is -3.86. The lowest BCUT2D eigenvalue weighted by atomic mass is 10.1. The molecule has 0 spiro atoms. The first-order chi connectivity index (χ1) is 13.4. The summed E-state index contributed by atoms with van der Waals surface area (Å²) in [6.07, 6.45) is 9.15. The van der Waals surface area contributed by atoms with Crippen molar-refractivity contribution in [1.29, 1.82) is 0 Å². The monoisotopic (exact) mass is 400 g/mol. The van der Waals surface area contributed by atoms with Gasteiger partial charge in [-0.05, 0) is 29.7 Å². The van der Waals surface area contributed by atoms with E-state index in [1.165, 1.54) is 0 Å². The van der Waals surface area contributed by atoms with Crippen LogP contribution < -0.4 is 9.47 Å². The predicted molar refractivity (Wildman–Crippen MR) is 112 cm³/mol. The van der Waals surface area contributed by atoms with Crippen LogP contribution in [0.3, 0.4) is 0 Å². The van der Waals surface area contributed by atoms with E-state index in [2.05, 4.69) is 40.1 Å². The van der Waals surface area contributed by atoms with Gasteiger partial charge in [-0.3, -0.25) is 4.55 Å². The Morgan fingerprint density at radius 3 is 2.25 bits per heavy atom. The molecule has 7 heteroatoms. The molecular weight excluding hydrogens is 374 g/mol. The van der Waals surface area contributed by atoms with Crippen molar-refractivity contribution in [1.82, 2.24) is 0 Å². The number of nitrogens with zero attached hydrogens (tertiary/aromatic N) is 3. The highest BCUT2D eigenvalue weighted by Crippen LogP contribution is 2.15. The summed E-state index contributed by atoms with van der Waals surface area (Å²) in [6, 6.07) is 12.2. The fourth-order valence-electron chi connectivity index (χ4n) is 2.67. The van der Waals surface area contributed by atoms with Crippen LogP contribution in [0.1, 0.15) is 24.0 Å². The Morgan fingerprint density at radius 2 is 1.68 bits per heavy atom.